The Bertz CT molecular complexity index is 1860. The van der Waals surface area contributed by atoms with Crippen molar-refractivity contribution in [3.05, 3.63) is 37.5 Å². The number of halogens is 2. The van der Waals surface area contributed by atoms with Gasteiger partial charge < -0.3 is 55.3 Å². The number of fused-ring (bicyclic) bond motifs is 10. The average Bonchev–Trinajstić information content (AvgIpc) is 3.81. The first-order valence-electron chi connectivity index (χ1n) is 14.4. The summed E-state index contributed by atoms with van der Waals surface area (Å²) in [6, 6.07) is 0. The SMILES string of the molecule is O=P1([S-])OC[C@H]2O[C@@H]3C(F)[C@@H]2OP([O-])(=S)OCC2O[C@H](C(F)[C@@H]2O1)n1cnc2c(ncnc21)NC/C=C/CNc1ncnc2c1ncn23. The van der Waals surface area contributed by atoms with Crippen LogP contribution in [0.2, 0.25) is 0 Å². The van der Waals surface area contributed by atoms with E-state index >= 15 is 8.78 Å². The third-order valence-corrected chi connectivity index (χ3v) is 11.1. The van der Waals surface area contributed by atoms with Gasteiger partial charge in [-0.05, 0) is 0 Å². The van der Waals surface area contributed by atoms with Gasteiger partial charge in [-0.15, -0.1) is 0 Å². The molecule has 0 saturated carbocycles. The molecule has 3 saturated heterocycles. The van der Waals surface area contributed by atoms with Crippen molar-refractivity contribution < 1.29 is 45.8 Å². The molecule has 3 fully saturated rings. The molecule has 256 valence electrons. The lowest BCUT2D eigenvalue weighted by atomic mass is 10.1. The van der Waals surface area contributed by atoms with Crippen LogP contribution in [0, 0.1) is 0 Å². The third kappa shape index (κ3) is 5.91. The molecular formula is C24H24F2N10O8P2S2-2. The second-order valence-electron chi connectivity index (χ2n) is 11.0. The standard InChI is InChI=1S/C24H26F2N10O8P2S2/c25-13-17-11-5-39-46(38,48)44-18-12(6-40-45(37,47)43-17)42-24(14(18)26)36-10-34-16-20(30-8-32-22(16)36)28-4-2-1-3-27-19-15-21(31-7-29-19)35(9-33-15)23(13)41-11/h1-2,7-14,17-18,23-24H,3-6H2,(H,37,47)(H,38,48)(H,27,29,31)(H,28,30,32)/p-2/b2-1+/t11-,12?,13?,14?,17-,18-,23-,24-,45?,46?/m1/s1. The summed E-state index contributed by atoms with van der Waals surface area (Å²) < 4.78 is 82.2. The molecule has 18 nitrogen and oxygen atoms in total. The first-order chi connectivity index (χ1) is 23.1. The monoisotopic (exact) mass is 744 g/mol. The van der Waals surface area contributed by atoms with E-state index in [1.807, 2.05) is 12.2 Å². The predicted molar refractivity (Wildman–Crippen MR) is 165 cm³/mol. The van der Waals surface area contributed by atoms with Crippen LogP contribution < -0.4 is 15.5 Å². The minimum absolute atomic E-state index is 0.203. The number of alkyl halides is 2. The molecule has 0 radical (unpaired) electrons. The first-order valence-corrected chi connectivity index (χ1v) is 19.5. The molecule has 0 spiro atoms. The minimum atomic E-state index is -4.50. The first kappa shape index (κ1) is 32.5. The van der Waals surface area contributed by atoms with Crippen LogP contribution in [0.25, 0.3) is 22.3 Å². The number of nitrogens with one attached hydrogen (secondary N) is 2. The molecule has 0 aliphatic carbocycles. The Morgan fingerprint density at radius 3 is 1.85 bits per heavy atom. The molecule has 5 aliphatic rings. The number of anilines is 2. The van der Waals surface area contributed by atoms with Crippen molar-refractivity contribution in [2.45, 2.75) is 49.2 Å². The number of nitrogens with zero attached hydrogens (tertiary/aromatic N) is 8. The van der Waals surface area contributed by atoms with Gasteiger partial charge in [0.1, 0.15) is 43.8 Å². The lowest BCUT2D eigenvalue weighted by molar-refractivity contribution is -0.217. The van der Waals surface area contributed by atoms with Crippen LogP contribution in [0.3, 0.4) is 0 Å². The van der Waals surface area contributed by atoms with Crippen LogP contribution in [0.4, 0.5) is 20.4 Å². The van der Waals surface area contributed by atoms with Gasteiger partial charge in [0.2, 0.25) is 0 Å². The smallest absolute Gasteiger partial charge is 0.200 e. The zero-order valence-corrected chi connectivity index (χ0v) is 27.6. The maximum absolute atomic E-state index is 16.2. The van der Waals surface area contributed by atoms with Crippen molar-refractivity contribution in [3.8, 4) is 0 Å². The quantitative estimate of drug-likeness (QED) is 0.149. The van der Waals surface area contributed by atoms with Crippen molar-refractivity contribution in [2.24, 2.45) is 0 Å². The third-order valence-electron chi connectivity index (χ3n) is 8.04. The van der Waals surface area contributed by atoms with Crippen LogP contribution >= 0.6 is 13.5 Å². The van der Waals surface area contributed by atoms with Gasteiger partial charge in [-0.3, -0.25) is 13.7 Å². The molecule has 48 heavy (non-hydrogen) atoms. The van der Waals surface area contributed by atoms with E-state index < -0.39 is 75.9 Å². The number of rotatable bonds is 0. The second-order valence-corrected chi connectivity index (χ2v) is 16.4. The fourth-order valence-electron chi connectivity index (χ4n) is 5.86. The zero-order valence-electron chi connectivity index (χ0n) is 24.2. The molecular weight excluding hydrogens is 720 g/mol. The van der Waals surface area contributed by atoms with Crippen LogP contribution in [0.1, 0.15) is 12.5 Å². The molecule has 2 N–H and O–H groups in total. The van der Waals surface area contributed by atoms with Crippen molar-refractivity contribution >= 4 is 71.5 Å². The zero-order chi connectivity index (χ0) is 33.2. The van der Waals surface area contributed by atoms with Crippen LogP contribution in [-0.4, -0.2) is 102 Å². The Morgan fingerprint density at radius 1 is 0.812 bits per heavy atom. The van der Waals surface area contributed by atoms with Crippen LogP contribution in [0.5, 0.6) is 0 Å². The van der Waals surface area contributed by atoms with Gasteiger partial charge in [0, 0.05) is 13.1 Å². The Morgan fingerprint density at radius 2 is 1.31 bits per heavy atom. The fourth-order valence-corrected chi connectivity index (χ4v) is 8.70. The van der Waals surface area contributed by atoms with E-state index in [0.29, 0.717) is 35.8 Å². The van der Waals surface area contributed by atoms with E-state index in [-0.39, 0.29) is 11.3 Å². The summed E-state index contributed by atoms with van der Waals surface area (Å²) in [5, 5.41) is 6.27. The average molecular weight is 745 g/mol. The van der Waals surface area contributed by atoms with E-state index in [9.17, 15) is 9.46 Å². The molecule has 5 aliphatic heterocycles. The Balaban J connectivity index is 1.21. The van der Waals surface area contributed by atoms with Crippen molar-refractivity contribution in [3.63, 3.8) is 0 Å². The summed E-state index contributed by atoms with van der Waals surface area (Å²) in [6.07, 6.45) is -4.21. The number of hydrogen-bond acceptors (Lipinski definition) is 18. The number of imidazole rings is 2. The molecule has 14 bridgehead atoms. The van der Waals surface area contributed by atoms with Gasteiger partial charge in [0.25, 0.3) is 0 Å². The van der Waals surface area contributed by atoms with Gasteiger partial charge in [-0.25, -0.2) is 38.7 Å². The Hall–Kier alpha value is -2.75. The maximum Gasteiger partial charge on any atom is 0.200 e. The summed E-state index contributed by atoms with van der Waals surface area (Å²) >= 11 is 10.2. The second kappa shape index (κ2) is 12.5. The van der Waals surface area contributed by atoms with E-state index in [2.05, 4.69) is 40.5 Å². The predicted octanol–water partition coefficient (Wildman–Crippen LogP) is 1.59. The largest absolute Gasteiger partial charge is 0.780 e. The summed E-state index contributed by atoms with van der Waals surface area (Å²) in [5.74, 6) is 0.727. The van der Waals surface area contributed by atoms with Gasteiger partial charge in [-0.2, -0.15) is 0 Å². The van der Waals surface area contributed by atoms with Crippen molar-refractivity contribution in [1.82, 2.24) is 39.0 Å². The van der Waals surface area contributed by atoms with Gasteiger partial charge in [0.05, 0.1) is 25.9 Å². The molecule has 4 aromatic rings. The number of aromatic nitrogens is 8. The van der Waals surface area contributed by atoms with Gasteiger partial charge in [-0.1, -0.05) is 24.0 Å². The molecule has 5 unspecified atom stereocenters. The van der Waals surface area contributed by atoms with E-state index in [1.165, 1.54) is 34.4 Å². The molecule has 9 rings (SSSR count). The number of hydrogen-bond donors (Lipinski definition) is 2. The molecule has 24 heteroatoms. The van der Waals surface area contributed by atoms with Crippen molar-refractivity contribution in [1.29, 1.82) is 0 Å². The van der Waals surface area contributed by atoms with E-state index in [1.54, 1.807) is 0 Å². The maximum atomic E-state index is 16.2. The van der Waals surface area contributed by atoms with Crippen molar-refractivity contribution in [2.75, 3.05) is 36.9 Å². The van der Waals surface area contributed by atoms with Crippen LogP contribution in [0.15, 0.2) is 37.5 Å². The van der Waals surface area contributed by atoms with E-state index in [0.717, 1.165) is 0 Å². The highest BCUT2D eigenvalue weighted by atomic mass is 32.7. The number of ether oxygens (including phenoxy) is 2. The van der Waals surface area contributed by atoms with E-state index in [4.69, 9.17) is 51.6 Å². The fraction of sp³-hybridized carbons (Fsp3) is 0.500. The topological polar surface area (TPSA) is 207 Å². The lowest BCUT2D eigenvalue weighted by Gasteiger charge is -2.36. The molecule has 9 heterocycles. The van der Waals surface area contributed by atoms with Crippen LogP contribution in [-0.2, 0) is 56.2 Å². The molecule has 0 amide bonds. The van der Waals surface area contributed by atoms with Gasteiger partial charge in [0.15, 0.2) is 65.6 Å². The highest BCUT2D eigenvalue weighted by Gasteiger charge is 2.52. The lowest BCUT2D eigenvalue weighted by Crippen LogP contribution is -2.38. The summed E-state index contributed by atoms with van der Waals surface area (Å²) in [4.78, 5) is 39.1. The summed E-state index contributed by atoms with van der Waals surface area (Å²) in [7, 11) is 0. The Kier molecular flexibility index (Phi) is 8.48. The molecule has 4 aromatic heterocycles. The Labute approximate surface area is 279 Å². The summed E-state index contributed by atoms with van der Waals surface area (Å²) in [6.45, 7) is -9.67. The van der Waals surface area contributed by atoms with Gasteiger partial charge >= 0.3 is 0 Å². The highest BCUT2D eigenvalue weighted by Crippen LogP contribution is 2.54. The highest BCUT2D eigenvalue weighted by molar-refractivity contribution is 8.32. The minimum Gasteiger partial charge on any atom is -0.780 e. The molecule has 0 aromatic carbocycles. The summed E-state index contributed by atoms with van der Waals surface area (Å²) in [5.41, 5.74) is 1.02. The normalized spacial score (nSPS) is 38.0. The molecule has 10 atom stereocenters.